The second-order valence-corrected chi connectivity index (χ2v) is 7.38. The highest BCUT2D eigenvalue weighted by atomic mass is 32.1. The standard InChI is InChI=1S/C17H22N2O3S/c1-2-22-15-10-14(17(15)4-6-21-7-5-17)19-16(20)12-9-13-11(18-12)3-8-23-13/h3,8-9,14-15,18H,2,4-7,10H2,1H3,(H,19,20). The van der Waals surface area contributed by atoms with Crippen LogP contribution in [-0.2, 0) is 9.47 Å². The van der Waals surface area contributed by atoms with Gasteiger partial charge in [-0.05, 0) is 43.7 Å². The second kappa shape index (κ2) is 5.92. The Morgan fingerprint density at radius 2 is 2.35 bits per heavy atom. The number of aromatic amines is 1. The molecule has 3 heterocycles. The Kier molecular flexibility index (Phi) is 3.91. The molecule has 23 heavy (non-hydrogen) atoms. The highest BCUT2D eigenvalue weighted by Crippen LogP contribution is 2.50. The molecule has 4 rings (SSSR count). The Bertz CT molecular complexity index is 673. The van der Waals surface area contributed by atoms with E-state index in [0.717, 1.165) is 49.3 Å². The monoisotopic (exact) mass is 334 g/mol. The van der Waals surface area contributed by atoms with Gasteiger partial charge >= 0.3 is 0 Å². The molecule has 1 saturated heterocycles. The number of amides is 1. The van der Waals surface area contributed by atoms with Gasteiger partial charge in [0.1, 0.15) is 5.69 Å². The molecule has 5 nitrogen and oxygen atoms in total. The fraction of sp³-hybridized carbons (Fsp3) is 0.588. The van der Waals surface area contributed by atoms with Gasteiger partial charge in [0.15, 0.2) is 0 Å². The van der Waals surface area contributed by atoms with Gasteiger partial charge in [0, 0.05) is 31.3 Å². The summed E-state index contributed by atoms with van der Waals surface area (Å²) in [5, 5.41) is 5.26. The van der Waals surface area contributed by atoms with Gasteiger partial charge in [-0.25, -0.2) is 0 Å². The van der Waals surface area contributed by atoms with E-state index in [4.69, 9.17) is 9.47 Å². The van der Waals surface area contributed by atoms with E-state index in [1.54, 1.807) is 11.3 Å². The summed E-state index contributed by atoms with van der Waals surface area (Å²) in [6, 6.07) is 4.12. The van der Waals surface area contributed by atoms with Crippen molar-refractivity contribution in [1.29, 1.82) is 0 Å². The molecule has 2 fully saturated rings. The maximum atomic E-state index is 12.6. The van der Waals surface area contributed by atoms with Crippen LogP contribution in [0.15, 0.2) is 17.5 Å². The zero-order valence-corrected chi connectivity index (χ0v) is 14.1. The number of aromatic nitrogens is 1. The predicted molar refractivity (Wildman–Crippen MR) is 89.9 cm³/mol. The summed E-state index contributed by atoms with van der Waals surface area (Å²) in [5.74, 6) is -0.0146. The van der Waals surface area contributed by atoms with Crippen LogP contribution < -0.4 is 5.32 Å². The average molecular weight is 334 g/mol. The summed E-state index contributed by atoms with van der Waals surface area (Å²) in [6.45, 7) is 4.27. The lowest BCUT2D eigenvalue weighted by molar-refractivity contribution is -0.170. The molecular weight excluding hydrogens is 312 g/mol. The first-order valence-corrected chi connectivity index (χ1v) is 9.17. The van der Waals surface area contributed by atoms with Gasteiger partial charge in [-0.2, -0.15) is 0 Å². The number of H-pyrrole nitrogens is 1. The van der Waals surface area contributed by atoms with Crippen LogP contribution in [0, 0.1) is 5.41 Å². The number of nitrogens with one attached hydrogen (secondary N) is 2. The lowest BCUT2D eigenvalue weighted by Crippen LogP contribution is -2.66. The molecule has 0 radical (unpaired) electrons. The van der Waals surface area contributed by atoms with Gasteiger partial charge in [-0.1, -0.05) is 0 Å². The molecule has 2 N–H and O–H groups in total. The van der Waals surface area contributed by atoms with E-state index < -0.39 is 0 Å². The smallest absolute Gasteiger partial charge is 0.267 e. The van der Waals surface area contributed by atoms with E-state index in [-0.39, 0.29) is 23.5 Å². The Balaban J connectivity index is 1.49. The average Bonchev–Trinajstić information content (AvgIpc) is 3.16. The molecule has 6 heteroatoms. The Labute approximate surface area is 139 Å². The van der Waals surface area contributed by atoms with Crippen molar-refractivity contribution in [2.24, 2.45) is 5.41 Å². The van der Waals surface area contributed by atoms with E-state index in [1.165, 1.54) is 0 Å². The number of carbonyl (C=O) groups excluding carboxylic acids is 1. The lowest BCUT2D eigenvalue weighted by atomic mass is 9.57. The third-order valence-corrected chi connectivity index (χ3v) is 6.23. The first kappa shape index (κ1) is 15.2. The number of thiophene rings is 1. The van der Waals surface area contributed by atoms with Crippen LogP contribution in [0.2, 0.25) is 0 Å². The molecule has 1 amide bonds. The SMILES string of the molecule is CCOC1CC(NC(=O)c2cc3sccc3[nH]2)C12CCOCC2. The van der Waals surface area contributed by atoms with E-state index in [9.17, 15) is 4.79 Å². The number of hydrogen-bond donors (Lipinski definition) is 2. The number of carbonyl (C=O) groups is 1. The molecule has 2 aromatic rings. The van der Waals surface area contributed by atoms with Gasteiger partial charge in [0.2, 0.25) is 0 Å². The normalized spacial score (nSPS) is 26.3. The van der Waals surface area contributed by atoms with Gasteiger partial charge in [0.25, 0.3) is 5.91 Å². The molecule has 0 bridgehead atoms. The molecule has 2 atom stereocenters. The summed E-state index contributed by atoms with van der Waals surface area (Å²) in [5.41, 5.74) is 1.73. The van der Waals surface area contributed by atoms with Crippen LogP contribution in [0.1, 0.15) is 36.7 Å². The summed E-state index contributed by atoms with van der Waals surface area (Å²) in [6.07, 6.45) is 3.06. The maximum absolute atomic E-state index is 12.6. The minimum Gasteiger partial charge on any atom is -0.381 e. The van der Waals surface area contributed by atoms with Crippen molar-refractivity contribution in [2.75, 3.05) is 19.8 Å². The summed E-state index contributed by atoms with van der Waals surface area (Å²) >= 11 is 1.64. The molecular formula is C17H22N2O3S. The predicted octanol–water partition coefficient (Wildman–Crippen LogP) is 2.93. The molecule has 2 unspecified atom stereocenters. The van der Waals surface area contributed by atoms with Crippen LogP contribution in [0.25, 0.3) is 10.2 Å². The van der Waals surface area contributed by atoms with E-state index in [2.05, 4.69) is 10.3 Å². The number of rotatable bonds is 4. The van der Waals surface area contributed by atoms with Crippen LogP contribution in [0.5, 0.6) is 0 Å². The third kappa shape index (κ3) is 2.49. The van der Waals surface area contributed by atoms with Crippen molar-refractivity contribution in [3.63, 3.8) is 0 Å². The fourth-order valence-corrected chi connectivity index (χ4v) is 4.80. The van der Waals surface area contributed by atoms with Crippen molar-refractivity contribution in [3.8, 4) is 0 Å². The van der Waals surface area contributed by atoms with Gasteiger partial charge in [-0.15, -0.1) is 11.3 Å². The fourth-order valence-electron chi connectivity index (χ4n) is 4.01. The minimum absolute atomic E-state index is 0.0146. The molecule has 2 aromatic heterocycles. The first-order valence-electron chi connectivity index (χ1n) is 8.29. The zero-order valence-electron chi connectivity index (χ0n) is 13.3. The molecule has 1 aliphatic heterocycles. The van der Waals surface area contributed by atoms with Gasteiger partial charge < -0.3 is 19.8 Å². The molecule has 1 aliphatic carbocycles. The van der Waals surface area contributed by atoms with E-state index >= 15 is 0 Å². The minimum atomic E-state index is -0.0146. The zero-order chi connectivity index (χ0) is 15.9. The van der Waals surface area contributed by atoms with Crippen molar-refractivity contribution in [2.45, 2.75) is 38.3 Å². The van der Waals surface area contributed by atoms with Gasteiger partial charge in [-0.3, -0.25) is 4.79 Å². The Morgan fingerprint density at radius 3 is 3.09 bits per heavy atom. The summed E-state index contributed by atoms with van der Waals surface area (Å²) < 4.78 is 12.6. The molecule has 2 aliphatic rings. The molecule has 1 saturated carbocycles. The summed E-state index contributed by atoms with van der Waals surface area (Å²) in [7, 11) is 0. The van der Waals surface area contributed by atoms with Crippen molar-refractivity contribution in [3.05, 3.63) is 23.2 Å². The second-order valence-electron chi connectivity index (χ2n) is 6.43. The van der Waals surface area contributed by atoms with E-state index in [0.29, 0.717) is 5.69 Å². The lowest BCUT2D eigenvalue weighted by Gasteiger charge is -2.57. The van der Waals surface area contributed by atoms with Crippen molar-refractivity contribution in [1.82, 2.24) is 10.3 Å². The molecule has 0 aromatic carbocycles. The van der Waals surface area contributed by atoms with Crippen LogP contribution in [0.3, 0.4) is 0 Å². The maximum Gasteiger partial charge on any atom is 0.267 e. The van der Waals surface area contributed by atoms with Gasteiger partial charge in [0.05, 0.1) is 16.3 Å². The highest BCUT2D eigenvalue weighted by molar-refractivity contribution is 7.17. The van der Waals surface area contributed by atoms with Crippen LogP contribution in [0.4, 0.5) is 0 Å². The topological polar surface area (TPSA) is 63.3 Å². The number of ether oxygens (including phenoxy) is 2. The quantitative estimate of drug-likeness (QED) is 0.903. The van der Waals surface area contributed by atoms with Crippen LogP contribution in [-0.4, -0.2) is 42.9 Å². The Hall–Kier alpha value is -1.37. The number of hydrogen-bond acceptors (Lipinski definition) is 4. The molecule has 124 valence electrons. The first-order chi connectivity index (χ1) is 11.2. The summed E-state index contributed by atoms with van der Waals surface area (Å²) in [4.78, 5) is 15.8. The van der Waals surface area contributed by atoms with E-state index in [1.807, 2.05) is 24.4 Å². The van der Waals surface area contributed by atoms with Crippen LogP contribution >= 0.6 is 11.3 Å². The number of fused-ring (bicyclic) bond motifs is 1. The third-order valence-electron chi connectivity index (χ3n) is 5.37. The largest absolute Gasteiger partial charge is 0.381 e. The van der Waals surface area contributed by atoms with Crippen molar-refractivity contribution >= 4 is 27.5 Å². The van der Waals surface area contributed by atoms with Crippen molar-refractivity contribution < 1.29 is 14.3 Å². The molecule has 1 spiro atoms. The Morgan fingerprint density at radius 1 is 1.52 bits per heavy atom. The highest BCUT2D eigenvalue weighted by Gasteiger charge is 2.56.